The first-order valence-corrected chi connectivity index (χ1v) is 9.07. The van der Waals surface area contributed by atoms with E-state index in [-0.39, 0.29) is 11.8 Å². The van der Waals surface area contributed by atoms with Crippen molar-refractivity contribution >= 4 is 17.2 Å². The molecule has 0 radical (unpaired) electrons. The molecule has 2 heterocycles. The van der Waals surface area contributed by atoms with Crippen molar-refractivity contribution in [3.63, 3.8) is 0 Å². The van der Waals surface area contributed by atoms with E-state index in [1.807, 2.05) is 0 Å². The minimum absolute atomic E-state index is 0.0828. The summed E-state index contributed by atoms with van der Waals surface area (Å²) in [4.78, 5) is 19.0. The maximum Gasteiger partial charge on any atom is 0.223 e. The molecule has 2 N–H and O–H groups in total. The Morgan fingerprint density at radius 3 is 2.91 bits per heavy atom. The number of hydrogen-bond donors (Lipinski definition) is 2. The van der Waals surface area contributed by atoms with Crippen LogP contribution in [0.15, 0.2) is 5.38 Å². The van der Waals surface area contributed by atoms with Crippen LogP contribution >= 0.6 is 11.3 Å². The Kier molecular flexibility index (Phi) is 6.79. The molecular weight excluding hydrogens is 298 g/mol. The lowest BCUT2D eigenvalue weighted by Crippen LogP contribution is -2.41. The summed E-state index contributed by atoms with van der Waals surface area (Å²) < 4.78 is 0. The van der Waals surface area contributed by atoms with Crippen molar-refractivity contribution in [2.24, 2.45) is 5.92 Å². The van der Waals surface area contributed by atoms with Crippen LogP contribution in [0.1, 0.15) is 43.8 Å². The summed E-state index contributed by atoms with van der Waals surface area (Å²) in [5, 5.41) is 15.4. The van der Waals surface area contributed by atoms with Crippen LogP contribution in [0.2, 0.25) is 0 Å². The molecule has 1 amide bonds. The number of likely N-dealkylation sites (tertiary alicyclic amines) is 1. The molecular formula is C16H27N3O2S. The summed E-state index contributed by atoms with van der Waals surface area (Å²) in [6.45, 7) is 6.97. The fourth-order valence-electron chi connectivity index (χ4n) is 2.73. The molecule has 1 aliphatic rings. The topological polar surface area (TPSA) is 65.5 Å². The number of piperidine rings is 1. The van der Waals surface area contributed by atoms with Crippen molar-refractivity contribution in [2.45, 2.75) is 52.2 Å². The van der Waals surface area contributed by atoms with E-state index in [1.165, 1.54) is 5.01 Å². The molecule has 0 spiro atoms. The highest BCUT2D eigenvalue weighted by Gasteiger charge is 2.25. The molecule has 5 nitrogen and oxygen atoms in total. The molecule has 0 bridgehead atoms. The lowest BCUT2D eigenvalue weighted by Gasteiger charge is -2.30. The summed E-state index contributed by atoms with van der Waals surface area (Å²) in [5.74, 6) is 0.167. The van der Waals surface area contributed by atoms with Gasteiger partial charge in [0, 0.05) is 24.4 Å². The van der Waals surface area contributed by atoms with Crippen molar-refractivity contribution in [1.29, 1.82) is 0 Å². The lowest BCUT2D eigenvalue weighted by atomic mass is 9.96. The number of aromatic nitrogens is 1. The maximum absolute atomic E-state index is 12.0. The van der Waals surface area contributed by atoms with Gasteiger partial charge >= 0.3 is 0 Å². The van der Waals surface area contributed by atoms with Crippen molar-refractivity contribution in [3.8, 4) is 0 Å². The Bertz CT molecular complexity index is 468. The van der Waals surface area contributed by atoms with Gasteiger partial charge in [0.15, 0.2) is 0 Å². The molecule has 2 rings (SSSR count). The minimum Gasteiger partial charge on any atom is -0.392 e. The van der Waals surface area contributed by atoms with Crippen LogP contribution in [0.25, 0.3) is 0 Å². The zero-order valence-electron chi connectivity index (χ0n) is 13.5. The number of carbonyl (C=O) groups excluding carboxylic acids is 1. The number of nitrogens with zero attached hydrogens (tertiary/aromatic N) is 2. The van der Waals surface area contributed by atoms with Gasteiger partial charge in [-0.15, -0.1) is 11.3 Å². The highest BCUT2D eigenvalue weighted by atomic mass is 32.1. The summed E-state index contributed by atoms with van der Waals surface area (Å²) in [5.41, 5.74) is 1.16. The molecule has 22 heavy (non-hydrogen) atoms. The SMILES string of the molecule is CCCc1nc(CN2CCC(C(=O)NCC(C)O)CC2)cs1. The van der Waals surface area contributed by atoms with Gasteiger partial charge in [0.25, 0.3) is 0 Å². The molecule has 1 saturated heterocycles. The van der Waals surface area contributed by atoms with Gasteiger partial charge in [-0.1, -0.05) is 6.92 Å². The zero-order valence-corrected chi connectivity index (χ0v) is 14.4. The third-order valence-corrected chi connectivity index (χ3v) is 4.94. The van der Waals surface area contributed by atoms with Gasteiger partial charge in [-0.2, -0.15) is 0 Å². The van der Waals surface area contributed by atoms with Crippen LogP contribution in [-0.2, 0) is 17.8 Å². The predicted molar refractivity (Wildman–Crippen MR) is 88.8 cm³/mol. The van der Waals surface area contributed by atoms with Crippen molar-refractivity contribution in [1.82, 2.24) is 15.2 Å². The second-order valence-corrected chi connectivity index (χ2v) is 7.07. The van der Waals surface area contributed by atoms with Crippen LogP contribution in [0.5, 0.6) is 0 Å². The number of aliphatic hydroxyl groups excluding tert-OH is 1. The third kappa shape index (κ3) is 5.34. The van der Waals surface area contributed by atoms with Gasteiger partial charge in [0.05, 0.1) is 16.8 Å². The van der Waals surface area contributed by atoms with Gasteiger partial charge in [-0.3, -0.25) is 9.69 Å². The molecule has 1 fully saturated rings. The highest BCUT2D eigenvalue weighted by molar-refractivity contribution is 7.09. The van der Waals surface area contributed by atoms with E-state index >= 15 is 0 Å². The third-order valence-electron chi connectivity index (χ3n) is 3.98. The smallest absolute Gasteiger partial charge is 0.223 e. The molecule has 6 heteroatoms. The zero-order chi connectivity index (χ0) is 15.9. The molecule has 0 aliphatic carbocycles. The first-order valence-electron chi connectivity index (χ1n) is 8.20. The standard InChI is InChI=1S/C16H27N3O2S/c1-3-4-15-18-14(11-22-15)10-19-7-5-13(6-8-19)16(21)17-9-12(2)20/h11-13,20H,3-10H2,1-2H3,(H,17,21). The summed E-state index contributed by atoms with van der Waals surface area (Å²) in [6.07, 6.45) is 3.50. The van der Waals surface area contributed by atoms with Crippen molar-refractivity contribution in [2.75, 3.05) is 19.6 Å². The molecule has 1 aliphatic heterocycles. The van der Waals surface area contributed by atoms with E-state index < -0.39 is 6.10 Å². The Labute approximate surface area is 136 Å². The van der Waals surface area contributed by atoms with E-state index in [1.54, 1.807) is 18.3 Å². The Hall–Kier alpha value is -0.980. The summed E-state index contributed by atoms with van der Waals surface area (Å²) in [7, 11) is 0. The Morgan fingerprint density at radius 2 is 2.27 bits per heavy atom. The normalized spacial score (nSPS) is 18.3. The second kappa shape index (κ2) is 8.60. The first-order chi connectivity index (χ1) is 10.6. The Balaban J connectivity index is 1.73. The van der Waals surface area contributed by atoms with Crippen LogP contribution in [-0.4, -0.2) is 46.6 Å². The summed E-state index contributed by atoms with van der Waals surface area (Å²) >= 11 is 1.75. The number of rotatable bonds is 7. The molecule has 0 aromatic carbocycles. The van der Waals surface area contributed by atoms with Gasteiger partial charge in [-0.05, 0) is 45.7 Å². The molecule has 1 aromatic heterocycles. The van der Waals surface area contributed by atoms with E-state index in [0.717, 1.165) is 51.0 Å². The lowest BCUT2D eigenvalue weighted by molar-refractivity contribution is -0.126. The van der Waals surface area contributed by atoms with Crippen molar-refractivity contribution < 1.29 is 9.90 Å². The fourth-order valence-corrected chi connectivity index (χ4v) is 3.62. The van der Waals surface area contributed by atoms with E-state index in [2.05, 4.69) is 27.5 Å². The fraction of sp³-hybridized carbons (Fsp3) is 0.750. The molecule has 1 unspecified atom stereocenters. The van der Waals surface area contributed by atoms with Crippen LogP contribution < -0.4 is 5.32 Å². The molecule has 1 aromatic rings. The number of thiazole rings is 1. The quantitative estimate of drug-likeness (QED) is 0.802. The average Bonchev–Trinajstić information content (AvgIpc) is 2.93. The molecule has 0 saturated carbocycles. The van der Waals surface area contributed by atoms with Crippen LogP contribution in [0.4, 0.5) is 0 Å². The monoisotopic (exact) mass is 325 g/mol. The van der Waals surface area contributed by atoms with Gasteiger partial charge in [-0.25, -0.2) is 4.98 Å². The number of nitrogens with one attached hydrogen (secondary N) is 1. The number of aliphatic hydroxyl groups is 1. The van der Waals surface area contributed by atoms with Crippen LogP contribution in [0, 0.1) is 5.92 Å². The van der Waals surface area contributed by atoms with Crippen molar-refractivity contribution in [3.05, 3.63) is 16.1 Å². The Morgan fingerprint density at radius 1 is 1.55 bits per heavy atom. The number of aryl methyl sites for hydroxylation is 1. The van der Waals surface area contributed by atoms with E-state index in [9.17, 15) is 9.90 Å². The van der Waals surface area contributed by atoms with Gasteiger partial charge in [0.1, 0.15) is 0 Å². The number of amides is 1. The highest BCUT2D eigenvalue weighted by Crippen LogP contribution is 2.20. The largest absolute Gasteiger partial charge is 0.392 e. The molecule has 124 valence electrons. The van der Waals surface area contributed by atoms with E-state index in [0.29, 0.717) is 6.54 Å². The molecule has 1 atom stereocenters. The predicted octanol–water partition coefficient (Wildman–Crippen LogP) is 1.80. The number of carbonyl (C=O) groups is 1. The maximum atomic E-state index is 12.0. The average molecular weight is 325 g/mol. The van der Waals surface area contributed by atoms with Gasteiger partial charge in [0.2, 0.25) is 5.91 Å². The summed E-state index contributed by atoms with van der Waals surface area (Å²) in [6, 6.07) is 0. The number of hydrogen-bond acceptors (Lipinski definition) is 5. The van der Waals surface area contributed by atoms with Gasteiger partial charge < -0.3 is 10.4 Å². The van der Waals surface area contributed by atoms with Crippen LogP contribution in [0.3, 0.4) is 0 Å². The first kappa shape index (κ1) is 17.4. The second-order valence-electron chi connectivity index (χ2n) is 6.13. The minimum atomic E-state index is -0.481. The van der Waals surface area contributed by atoms with E-state index in [4.69, 9.17) is 0 Å².